The number of carbonyl (C=O) groups excluding carboxylic acids is 1. The lowest BCUT2D eigenvalue weighted by molar-refractivity contribution is 0.198. The van der Waals surface area contributed by atoms with Crippen molar-refractivity contribution < 1.29 is 9.21 Å². The second-order valence-electron chi connectivity index (χ2n) is 5.40. The van der Waals surface area contributed by atoms with Gasteiger partial charge in [0, 0.05) is 44.4 Å². The molecule has 0 unspecified atom stereocenters. The van der Waals surface area contributed by atoms with Gasteiger partial charge in [0.1, 0.15) is 5.76 Å². The van der Waals surface area contributed by atoms with Gasteiger partial charge in [-0.3, -0.25) is 4.98 Å². The first-order valence-corrected chi connectivity index (χ1v) is 8.02. The van der Waals surface area contributed by atoms with Crippen LogP contribution in [0.25, 0.3) is 0 Å². The molecule has 23 heavy (non-hydrogen) atoms. The lowest BCUT2D eigenvalue weighted by Gasteiger charge is -2.22. The molecule has 1 N–H and O–H groups in total. The molecule has 6 heteroatoms. The summed E-state index contributed by atoms with van der Waals surface area (Å²) in [5, 5.41) is 2.95. The topological polar surface area (TPSA) is 71.3 Å². The molecule has 0 saturated heterocycles. The molecule has 0 spiro atoms. The zero-order valence-electron chi connectivity index (χ0n) is 13.8. The number of hydrogen-bond acceptors (Lipinski definition) is 4. The average molecular weight is 316 g/mol. The highest BCUT2D eigenvalue weighted by atomic mass is 16.3. The van der Waals surface area contributed by atoms with E-state index < -0.39 is 0 Å². The molecule has 0 bridgehead atoms. The van der Waals surface area contributed by atoms with Crippen molar-refractivity contribution in [2.24, 2.45) is 0 Å². The van der Waals surface area contributed by atoms with Crippen molar-refractivity contribution >= 4 is 6.03 Å². The van der Waals surface area contributed by atoms with Crippen LogP contribution in [0, 0.1) is 6.92 Å². The van der Waals surface area contributed by atoms with Crippen molar-refractivity contribution in [1.29, 1.82) is 0 Å². The molecule has 0 saturated carbocycles. The summed E-state index contributed by atoms with van der Waals surface area (Å²) in [4.78, 5) is 22.6. The molecule has 2 heterocycles. The number of amides is 2. The molecule has 124 valence electrons. The van der Waals surface area contributed by atoms with E-state index in [1.807, 2.05) is 30.0 Å². The Hall–Kier alpha value is -2.37. The zero-order valence-corrected chi connectivity index (χ0v) is 13.8. The van der Waals surface area contributed by atoms with Crippen LogP contribution in [0.5, 0.6) is 0 Å². The number of urea groups is 1. The van der Waals surface area contributed by atoms with Gasteiger partial charge in [0.15, 0.2) is 6.39 Å². The van der Waals surface area contributed by atoms with Crippen LogP contribution in [0.1, 0.15) is 30.5 Å². The molecule has 2 aromatic rings. The van der Waals surface area contributed by atoms with Gasteiger partial charge in [0.05, 0.1) is 5.69 Å². The number of aromatic nitrogens is 2. The largest absolute Gasteiger partial charge is 0.449 e. The minimum Gasteiger partial charge on any atom is -0.449 e. The molecule has 0 aliphatic rings. The number of nitrogens with one attached hydrogen (secondary N) is 1. The summed E-state index contributed by atoms with van der Waals surface area (Å²) in [5.74, 6) is 0.805. The summed E-state index contributed by atoms with van der Waals surface area (Å²) in [6.45, 7) is 5.90. The second kappa shape index (κ2) is 8.92. The Bertz CT molecular complexity index is 598. The van der Waals surface area contributed by atoms with Crippen molar-refractivity contribution in [3.05, 3.63) is 47.9 Å². The second-order valence-corrected chi connectivity index (χ2v) is 5.40. The Balaban J connectivity index is 1.79. The third kappa shape index (κ3) is 5.39. The minimum absolute atomic E-state index is 0.0380. The van der Waals surface area contributed by atoms with Crippen LogP contribution in [0.3, 0.4) is 0 Å². The molecule has 2 aromatic heterocycles. The lowest BCUT2D eigenvalue weighted by Crippen LogP contribution is -2.42. The number of aryl methyl sites for hydroxylation is 1. The van der Waals surface area contributed by atoms with Crippen LogP contribution in [0.15, 0.2) is 35.2 Å². The highest BCUT2D eigenvalue weighted by Crippen LogP contribution is 2.04. The number of oxazole rings is 1. The van der Waals surface area contributed by atoms with Gasteiger partial charge in [-0.2, -0.15) is 0 Å². The molecule has 0 radical (unpaired) electrons. The van der Waals surface area contributed by atoms with E-state index in [4.69, 9.17) is 4.42 Å². The average Bonchev–Trinajstić information content (AvgIpc) is 2.97. The molecule has 0 aromatic carbocycles. The van der Waals surface area contributed by atoms with Crippen LogP contribution in [0.4, 0.5) is 4.79 Å². The van der Waals surface area contributed by atoms with E-state index in [2.05, 4.69) is 22.2 Å². The maximum Gasteiger partial charge on any atom is 0.317 e. The van der Waals surface area contributed by atoms with Crippen molar-refractivity contribution in [3.63, 3.8) is 0 Å². The third-order valence-corrected chi connectivity index (χ3v) is 3.63. The summed E-state index contributed by atoms with van der Waals surface area (Å²) >= 11 is 0. The maximum absolute atomic E-state index is 12.3. The predicted molar refractivity (Wildman–Crippen MR) is 88.1 cm³/mol. The standard InChI is InChI=1S/C17H24N4O2/c1-3-11-21(12-8-15-6-4-5-9-18-15)17(22)19-10-7-16-14(2)23-13-20-16/h4-6,9,13H,3,7-8,10-12H2,1-2H3,(H,19,22). The fourth-order valence-electron chi connectivity index (χ4n) is 2.35. The monoisotopic (exact) mass is 316 g/mol. The summed E-state index contributed by atoms with van der Waals surface area (Å²) in [6.07, 6.45) is 5.57. The SMILES string of the molecule is CCCN(CCc1ccccn1)C(=O)NCCc1ncoc1C. The first-order valence-electron chi connectivity index (χ1n) is 8.02. The minimum atomic E-state index is -0.0380. The maximum atomic E-state index is 12.3. The first-order chi connectivity index (χ1) is 11.2. The van der Waals surface area contributed by atoms with E-state index in [0.717, 1.165) is 36.5 Å². The van der Waals surface area contributed by atoms with Crippen molar-refractivity contribution in [1.82, 2.24) is 20.2 Å². The Morgan fingerprint density at radius 3 is 2.78 bits per heavy atom. The Morgan fingerprint density at radius 2 is 2.13 bits per heavy atom. The predicted octanol–water partition coefficient (Wildman–Crippen LogP) is 2.58. The molecule has 0 fully saturated rings. The fraction of sp³-hybridized carbons (Fsp3) is 0.471. The highest BCUT2D eigenvalue weighted by Gasteiger charge is 2.13. The van der Waals surface area contributed by atoms with Crippen LogP contribution in [-0.4, -0.2) is 40.5 Å². The van der Waals surface area contributed by atoms with Gasteiger partial charge in [0.2, 0.25) is 0 Å². The van der Waals surface area contributed by atoms with Gasteiger partial charge in [-0.25, -0.2) is 9.78 Å². The van der Waals surface area contributed by atoms with Crippen molar-refractivity contribution in [2.75, 3.05) is 19.6 Å². The van der Waals surface area contributed by atoms with E-state index in [1.54, 1.807) is 6.20 Å². The number of nitrogens with zero attached hydrogens (tertiary/aromatic N) is 3. The number of carbonyl (C=O) groups is 1. The summed E-state index contributed by atoms with van der Waals surface area (Å²) in [5.41, 5.74) is 1.89. The van der Waals surface area contributed by atoms with Crippen LogP contribution in [-0.2, 0) is 12.8 Å². The molecule has 2 amide bonds. The van der Waals surface area contributed by atoms with Gasteiger partial charge >= 0.3 is 6.03 Å². The van der Waals surface area contributed by atoms with Crippen LogP contribution in [0.2, 0.25) is 0 Å². The molecule has 0 aliphatic heterocycles. The molecule has 6 nitrogen and oxygen atoms in total. The molecule has 0 aliphatic carbocycles. The van der Waals surface area contributed by atoms with Gasteiger partial charge in [0.25, 0.3) is 0 Å². The zero-order chi connectivity index (χ0) is 16.5. The van der Waals surface area contributed by atoms with E-state index in [1.165, 1.54) is 6.39 Å². The third-order valence-electron chi connectivity index (χ3n) is 3.63. The van der Waals surface area contributed by atoms with Crippen molar-refractivity contribution in [2.45, 2.75) is 33.1 Å². The van der Waals surface area contributed by atoms with E-state index in [9.17, 15) is 4.79 Å². The first kappa shape index (κ1) is 17.0. The Morgan fingerprint density at radius 1 is 1.26 bits per heavy atom. The molecular formula is C17H24N4O2. The summed E-state index contributed by atoms with van der Waals surface area (Å²) < 4.78 is 5.15. The smallest absolute Gasteiger partial charge is 0.317 e. The normalized spacial score (nSPS) is 10.5. The summed E-state index contributed by atoms with van der Waals surface area (Å²) in [6, 6.07) is 5.80. The number of rotatable bonds is 8. The highest BCUT2D eigenvalue weighted by molar-refractivity contribution is 5.74. The Labute approximate surface area is 136 Å². The van der Waals surface area contributed by atoms with Crippen LogP contribution < -0.4 is 5.32 Å². The number of pyridine rings is 1. The van der Waals surface area contributed by atoms with E-state index >= 15 is 0 Å². The fourth-order valence-corrected chi connectivity index (χ4v) is 2.35. The van der Waals surface area contributed by atoms with Gasteiger partial charge < -0.3 is 14.6 Å². The number of hydrogen-bond donors (Lipinski definition) is 1. The Kier molecular flexibility index (Phi) is 6.59. The molecule has 0 atom stereocenters. The summed E-state index contributed by atoms with van der Waals surface area (Å²) in [7, 11) is 0. The quantitative estimate of drug-likeness (QED) is 0.812. The van der Waals surface area contributed by atoms with E-state index in [0.29, 0.717) is 19.5 Å². The van der Waals surface area contributed by atoms with E-state index in [-0.39, 0.29) is 6.03 Å². The van der Waals surface area contributed by atoms with Crippen molar-refractivity contribution in [3.8, 4) is 0 Å². The lowest BCUT2D eigenvalue weighted by atomic mass is 10.2. The van der Waals surface area contributed by atoms with Gasteiger partial charge in [-0.05, 0) is 25.5 Å². The molecule has 2 rings (SSSR count). The van der Waals surface area contributed by atoms with Crippen LogP contribution >= 0.6 is 0 Å². The van der Waals surface area contributed by atoms with Gasteiger partial charge in [-0.15, -0.1) is 0 Å². The molecular weight excluding hydrogens is 292 g/mol. The van der Waals surface area contributed by atoms with Gasteiger partial charge in [-0.1, -0.05) is 13.0 Å².